The number of nitrogens with one attached hydrogen (secondary N) is 1. The summed E-state index contributed by atoms with van der Waals surface area (Å²) in [6, 6.07) is 6.83. The van der Waals surface area contributed by atoms with Gasteiger partial charge in [0.2, 0.25) is 0 Å². The van der Waals surface area contributed by atoms with Crippen molar-refractivity contribution in [1.29, 1.82) is 0 Å². The topological polar surface area (TPSA) is 58.3 Å². The Bertz CT molecular complexity index is 213. The number of anilines is 1. The Morgan fingerprint density at radius 3 is 2.90 bits per heavy atom. The van der Waals surface area contributed by atoms with E-state index in [9.17, 15) is 0 Å². The molecule has 1 rings (SSSR count). The first kappa shape index (κ1) is 6.89. The van der Waals surface area contributed by atoms with Crippen molar-refractivity contribution in [3.05, 3.63) is 24.3 Å². The third-order valence-corrected chi connectivity index (χ3v) is 1.15. The van der Waals surface area contributed by atoms with E-state index in [1.807, 2.05) is 6.07 Å². The van der Waals surface area contributed by atoms with E-state index in [1.54, 1.807) is 18.2 Å². The number of phenols is 1. The van der Waals surface area contributed by atoms with Gasteiger partial charge in [-0.3, -0.25) is 0 Å². The first-order valence-electron chi connectivity index (χ1n) is 3.06. The molecule has 0 aliphatic carbocycles. The molecule has 0 aliphatic heterocycles. The van der Waals surface area contributed by atoms with Gasteiger partial charge in [-0.1, -0.05) is 6.07 Å². The molecule has 0 heterocycles. The van der Waals surface area contributed by atoms with Crippen LogP contribution in [0.25, 0.3) is 0 Å². The summed E-state index contributed by atoms with van der Waals surface area (Å²) in [5.74, 6) is 0.249. The molecule has 4 N–H and O–H groups in total. The lowest BCUT2D eigenvalue weighted by molar-refractivity contribution is 0.475. The number of phenolic OH excluding ortho intramolecular Hbond substituents is 1. The maximum absolute atomic E-state index is 8.96. The van der Waals surface area contributed by atoms with Crippen LogP contribution < -0.4 is 11.1 Å². The predicted octanol–water partition coefficient (Wildman–Crippen LogP) is 0.720. The maximum atomic E-state index is 8.96. The van der Waals surface area contributed by atoms with Gasteiger partial charge >= 0.3 is 0 Å². The summed E-state index contributed by atoms with van der Waals surface area (Å²) >= 11 is 0. The average Bonchev–Trinajstić information content (AvgIpc) is 1.88. The summed E-state index contributed by atoms with van der Waals surface area (Å²) in [5, 5.41) is 11.8. The number of benzene rings is 1. The van der Waals surface area contributed by atoms with Crippen LogP contribution in [0.4, 0.5) is 5.69 Å². The fourth-order valence-electron chi connectivity index (χ4n) is 0.734. The molecule has 3 heteroatoms. The molecule has 0 aliphatic rings. The number of hydrogen-bond donors (Lipinski definition) is 3. The Labute approximate surface area is 59.5 Å². The van der Waals surface area contributed by atoms with Crippen LogP contribution in [-0.2, 0) is 0 Å². The van der Waals surface area contributed by atoms with Gasteiger partial charge < -0.3 is 16.2 Å². The van der Waals surface area contributed by atoms with E-state index in [2.05, 4.69) is 5.32 Å². The van der Waals surface area contributed by atoms with E-state index in [4.69, 9.17) is 10.8 Å². The quantitative estimate of drug-likeness (QED) is 0.528. The number of aromatic hydroxyl groups is 1. The number of rotatable bonds is 2. The molecule has 54 valence electrons. The summed E-state index contributed by atoms with van der Waals surface area (Å²) in [6.45, 7) is 0.378. The Hall–Kier alpha value is -1.22. The van der Waals surface area contributed by atoms with E-state index in [1.165, 1.54) is 0 Å². The van der Waals surface area contributed by atoms with E-state index in [0.717, 1.165) is 5.69 Å². The molecular formula is C7H10N2O. The second kappa shape index (κ2) is 3.08. The molecule has 0 bridgehead atoms. The SMILES string of the molecule is NCNc1cccc(O)c1. The normalized spacial score (nSPS) is 9.30. The van der Waals surface area contributed by atoms with Crippen LogP contribution in [0, 0.1) is 0 Å². The van der Waals surface area contributed by atoms with Crippen molar-refractivity contribution >= 4 is 5.69 Å². The van der Waals surface area contributed by atoms with Gasteiger partial charge in [-0.15, -0.1) is 0 Å². The minimum Gasteiger partial charge on any atom is -0.508 e. The standard InChI is InChI=1S/C7H10N2O/c8-5-9-6-2-1-3-7(10)4-6/h1-4,9-10H,5,8H2. The highest BCUT2D eigenvalue weighted by atomic mass is 16.3. The average molecular weight is 138 g/mol. The summed E-state index contributed by atoms with van der Waals surface area (Å²) < 4.78 is 0. The zero-order chi connectivity index (χ0) is 7.40. The minimum absolute atomic E-state index is 0.249. The zero-order valence-corrected chi connectivity index (χ0v) is 5.54. The van der Waals surface area contributed by atoms with E-state index >= 15 is 0 Å². The van der Waals surface area contributed by atoms with Gasteiger partial charge in [-0.25, -0.2) is 0 Å². The van der Waals surface area contributed by atoms with Gasteiger partial charge in [0.1, 0.15) is 5.75 Å². The third-order valence-electron chi connectivity index (χ3n) is 1.15. The molecule has 0 atom stereocenters. The summed E-state index contributed by atoms with van der Waals surface area (Å²) in [7, 11) is 0. The van der Waals surface area contributed by atoms with Crippen molar-refractivity contribution in [2.45, 2.75) is 0 Å². The van der Waals surface area contributed by atoms with Gasteiger partial charge in [0.15, 0.2) is 0 Å². The van der Waals surface area contributed by atoms with Gasteiger partial charge in [-0.05, 0) is 12.1 Å². The van der Waals surface area contributed by atoms with Crippen LogP contribution in [0.5, 0.6) is 5.75 Å². The maximum Gasteiger partial charge on any atom is 0.117 e. The fraction of sp³-hybridized carbons (Fsp3) is 0.143. The molecule has 1 aromatic rings. The fourth-order valence-corrected chi connectivity index (χ4v) is 0.734. The molecule has 0 spiro atoms. The molecule has 0 radical (unpaired) electrons. The molecule has 3 nitrogen and oxygen atoms in total. The van der Waals surface area contributed by atoms with Crippen molar-refractivity contribution < 1.29 is 5.11 Å². The molecule has 0 fully saturated rings. The van der Waals surface area contributed by atoms with Gasteiger partial charge in [0, 0.05) is 11.8 Å². The smallest absolute Gasteiger partial charge is 0.117 e. The first-order chi connectivity index (χ1) is 4.83. The molecule has 0 saturated heterocycles. The predicted molar refractivity (Wildman–Crippen MR) is 40.8 cm³/mol. The van der Waals surface area contributed by atoms with Crippen LogP contribution in [0.1, 0.15) is 0 Å². The van der Waals surface area contributed by atoms with Crippen molar-refractivity contribution in [2.75, 3.05) is 12.0 Å². The summed E-state index contributed by atoms with van der Waals surface area (Å²) in [6.07, 6.45) is 0. The van der Waals surface area contributed by atoms with Gasteiger partial charge in [-0.2, -0.15) is 0 Å². The molecule has 0 amide bonds. The third kappa shape index (κ3) is 1.63. The number of nitrogens with two attached hydrogens (primary N) is 1. The van der Waals surface area contributed by atoms with Crippen molar-refractivity contribution in [2.24, 2.45) is 5.73 Å². The Morgan fingerprint density at radius 1 is 1.50 bits per heavy atom. The van der Waals surface area contributed by atoms with Crippen LogP contribution in [0.3, 0.4) is 0 Å². The molecule has 0 unspecified atom stereocenters. The monoisotopic (exact) mass is 138 g/mol. The van der Waals surface area contributed by atoms with Crippen molar-refractivity contribution in [1.82, 2.24) is 0 Å². The van der Waals surface area contributed by atoms with Gasteiger partial charge in [0.25, 0.3) is 0 Å². The lowest BCUT2D eigenvalue weighted by Crippen LogP contribution is -2.10. The molecule has 0 saturated carbocycles. The Kier molecular flexibility index (Phi) is 2.12. The second-order valence-corrected chi connectivity index (χ2v) is 1.93. The second-order valence-electron chi connectivity index (χ2n) is 1.93. The van der Waals surface area contributed by atoms with Crippen LogP contribution in [0.15, 0.2) is 24.3 Å². The highest BCUT2D eigenvalue weighted by Gasteiger charge is 1.89. The highest BCUT2D eigenvalue weighted by Crippen LogP contribution is 2.14. The Balaban J connectivity index is 2.75. The molecule has 1 aromatic carbocycles. The first-order valence-corrected chi connectivity index (χ1v) is 3.06. The lowest BCUT2D eigenvalue weighted by Gasteiger charge is -2.01. The van der Waals surface area contributed by atoms with Gasteiger partial charge in [0.05, 0.1) is 6.67 Å². The van der Waals surface area contributed by atoms with Crippen LogP contribution in [-0.4, -0.2) is 11.8 Å². The zero-order valence-electron chi connectivity index (χ0n) is 5.54. The molecule has 10 heavy (non-hydrogen) atoms. The minimum atomic E-state index is 0.249. The van der Waals surface area contributed by atoms with Crippen molar-refractivity contribution in [3.8, 4) is 5.75 Å². The van der Waals surface area contributed by atoms with Crippen LogP contribution in [0.2, 0.25) is 0 Å². The molecule has 0 aromatic heterocycles. The van der Waals surface area contributed by atoms with Crippen LogP contribution >= 0.6 is 0 Å². The summed E-state index contributed by atoms with van der Waals surface area (Å²) in [5.41, 5.74) is 6.05. The van der Waals surface area contributed by atoms with Crippen molar-refractivity contribution in [3.63, 3.8) is 0 Å². The number of hydrogen-bond acceptors (Lipinski definition) is 3. The highest BCUT2D eigenvalue weighted by molar-refractivity contribution is 5.47. The summed E-state index contributed by atoms with van der Waals surface area (Å²) in [4.78, 5) is 0. The molecular weight excluding hydrogens is 128 g/mol. The lowest BCUT2D eigenvalue weighted by atomic mass is 10.3. The largest absolute Gasteiger partial charge is 0.508 e. The van der Waals surface area contributed by atoms with E-state index < -0.39 is 0 Å². The Morgan fingerprint density at radius 2 is 2.30 bits per heavy atom. The van der Waals surface area contributed by atoms with E-state index in [0.29, 0.717) is 6.67 Å². The van der Waals surface area contributed by atoms with E-state index in [-0.39, 0.29) is 5.75 Å².